The first-order chi connectivity index (χ1) is 8.11. The highest BCUT2D eigenvalue weighted by atomic mass is 79.9. The minimum atomic E-state index is -0.215. The molecule has 0 amide bonds. The molecule has 0 saturated carbocycles. The number of benzene rings is 1. The Morgan fingerprint density at radius 1 is 1.29 bits per heavy atom. The summed E-state index contributed by atoms with van der Waals surface area (Å²) in [5, 5.41) is 13.0. The third-order valence-electron chi connectivity index (χ3n) is 2.78. The van der Waals surface area contributed by atoms with E-state index in [0.717, 1.165) is 23.7 Å². The summed E-state index contributed by atoms with van der Waals surface area (Å²) in [5.74, 6) is 0. The average molecular weight is 300 g/mol. The monoisotopic (exact) mass is 299 g/mol. The number of hydrogen-bond acceptors (Lipinski definition) is 2. The van der Waals surface area contributed by atoms with E-state index in [1.54, 1.807) is 0 Å². The number of hydrogen-bond donors (Lipinski definition) is 2. The highest BCUT2D eigenvalue weighted by Crippen LogP contribution is 2.11. The molecule has 0 bridgehead atoms. The van der Waals surface area contributed by atoms with Crippen molar-refractivity contribution < 1.29 is 5.11 Å². The summed E-state index contributed by atoms with van der Waals surface area (Å²) in [4.78, 5) is 0. The summed E-state index contributed by atoms with van der Waals surface area (Å²) in [7, 11) is 0. The zero-order valence-electron chi connectivity index (χ0n) is 10.6. The molecule has 2 nitrogen and oxygen atoms in total. The number of rotatable bonds is 7. The molecule has 2 N–H and O–H groups in total. The maximum absolute atomic E-state index is 9.63. The van der Waals surface area contributed by atoms with Gasteiger partial charge in [-0.25, -0.2) is 0 Å². The van der Waals surface area contributed by atoms with Crippen molar-refractivity contribution >= 4 is 15.9 Å². The van der Waals surface area contributed by atoms with Crippen molar-refractivity contribution in [3.05, 3.63) is 34.3 Å². The van der Waals surface area contributed by atoms with Crippen LogP contribution in [0.4, 0.5) is 0 Å². The molecular formula is C14H22BrNO. The lowest BCUT2D eigenvalue weighted by atomic mass is 10.1. The van der Waals surface area contributed by atoms with Crippen LogP contribution >= 0.6 is 15.9 Å². The van der Waals surface area contributed by atoms with Crippen LogP contribution in [0, 0.1) is 0 Å². The molecule has 0 aliphatic rings. The molecule has 2 unspecified atom stereocenters. The van der Waals surface area contributed by atoms with E-state index in [1.165, 1.54) is 5.56 Å². The Labute approximate surface area is 113 Å². The van der Waals surface area contributed by atoms with Crippen molar-refractivity contribution in [3.8, 4) is 0 Å². The summed E-state index contributed by atoms with van der Waals surface area (Å²) in [6, 6.07) is 8.78. The van der Waals surface area contributed by atoms with Crippen LogP contribution in [-0.4, -0.2) is 23.8 Å². The predicted molar refractivity (Wildman–Crippen MR) is 76.2 cm³/mol. The molecule has 0 aliphatic carbocycles. The van der Waals surface area contributed by atoms with Gasteiger partial charge in [-0.2, -0.15) is 0 Å². The van der Waals surface area contributed by atoms with Gasteiger partial charge in [-0.3, -0.25) is 0 Å². The Balaban J connectivity index is 2.29. The Morgan fingerprint density at radius 2 is 1.94 bits per heavy atom. The molecule has 0 heterocycles. The van der Waals surface area contributed by atoms with E-state index in [4.69, 9.17) is 0 Å². The fraction of sp³-hybridized carbons (Fsp3) is 0.571. The van der Waals surface area contributed by atoms with Gasteiger partial charge in [0.1, 0.15) is 0 Å². The number of nitrogens with one attached hydrogen (secondary N) is 1. The van der Waals surface area contributed by atoms with Crippen molar-refractivity contribution in [3.63, 3.8) is 0 Å². The molecular weight excluding hydrogens is 278 g/mol. The van der Waals surface area contributed by atoms with Crippen molar-refractivity contribution in [1.29, 1.82) is 0 Å². The zero-order chi connectivity index (χ0) is 12.7. The maximum atomic E-state index is 9.63. The smallest absolute Gasteiger partial charge is 0.0664 e. The highest BCUT2D eigenvalue weighted by Gasteiger charge is 2.06. The summed E-state index contributed by atoms with van der Waals surface area (Å²) in [5.41, 5.74) is 1.32. The van der Waals surface area contributed by atoms with E-state index in [-0.39, 0.29) is 6.10 Å². The van der Waals surface area contributed by atoms with Crippen LogP contribution in [0.3, 0.4) is 0 Å². The van der Waals surface area contributed by atoms with Gasteiger partial charge in [0.05, 0.1) is 6.10 Å². The van der Waals surface area contributed by atoms with Crippen LogP contribution in [-0.2, 0) is 6.42 Å². The number of aliphatic hydroxyl groups is 1. The van der Waals surface area contributed by atoms with Gasteiger partial charge in [0.2, 0.25) is 0 Å². The van der Waals surface area contributed by atoms with E-state index in [0.29, 0.717) is 12.6 Å². The van der Waals surface area contributed by atoms with E-state index in [1.807, 2.05) is 0 Å². The van der Waals surface area contributed by atoms with E-state index >= 15 is 0 Å². The first-order valence-corrected chi connectivity index (χ1v) is 7.07. The van der Waals surface area contributed by atoms with Gasteiger partial charge in [0.25, 0.3) is 0 Å². The van der Waals surface area contributed by atoms with Crippen LogP contribution in [0.2, 0.25) is 0 Å². The molecule has 0 saturated heterocycles. The SMILES string of the molecule is CCCC(O)CNC(C)Cc1ccc(Br)cc1. The minimum Gasteiger partial charge on any atom is -0.392 e. The fourth-order valence-electron chi connectivity index (χ4n) is 1.82. The first-order valence-electron chi connectivity index (χ1n) is 6.27. The van der Waals surface area contributed by atoms with Crippen molar-refractivity contribution in [1.82, 2.24) is 5.32 Å². The molecule has 0 aromatic heterocycles. The van der Waals surface area contributed by atoms with Gasteiger partial charge in [-0.1, -0.05) is 41.4 Å². The molecule has 3 heteroatoms. The van der Waals surface area contributed by atoms with Crippen LogP contribution in [0.1, 0.15) is 32.3 Å². The third kappa shape index (κ3) is 6.20. The fourth-order valence-corrected chi connectivity index (χ4v) is 2.08. The molecule has 0 radical (unpaired) electrons. The molecule has 0 aliphatic heterocycles. The average Bonchev–Trinajstić information content (AvgIpc) is 2.30. The number of aliphatic hydroxyl groups excluding tert-OH is 1. The van der Waals surface area contributed by atoms with Gasteiger partial charge in [-0.05, 0) is 37.5 Å². The Kier molecular flexibility index (Phi) is 6.78. The molecule has 17 heavy (non-hydrogen) atoms. The van der Waals surface area contributed by atoms with Crippen molar-refractivity contribution in [2.24, 2.45) is 0 Å². The Morgan fingerprint density at radius 3 is 2.53 bits per heavy atom. The Bertz CT molecular complexity index is 313. The van der Waals surface area contributed by atoms with Gasteiger partial charge in [0, 0.05) is 17.1 Å². The predicted octanol–water partition coefficient (Wildman–Crippen LogP) is 3.13. The zero-order valence-corrected chi connectivity index (χ0v) is 12.2. The summed E-state index contributed by atoms with van der Waals surface area (Å²) < 4.78 is 1.11. The van der Waals surface area contributed by atoms with Crippen LogP contribution < -0.4 is 5.32 Å². The van der Waals surface area contributed by atoms with E-state index < -0.39 is 0 Å². The lowest BCUT2D eigenvalue weighted by Gasteiger charge is -2.17. The lowest BCUT2D eigenvalue weighted by molar-refractivity contribution is 0.157. The van der Waals surface area contributed by atoms with E-state index in [9.17, 15) is 5.11 Å². The highest BCUT2D eigenvalue weighted by molar-refractivity contribution is 9.10. The summed E-state index contributed by atoms with van der Waals surface area (Å²) in [6.45, 7) is 4.93. The van der Waals surface area contributed by atoms with Crippen LogP contribution in [0.15, 0.2) is 28.7 Å². The second kappa shape index (κ2) is 7.85. The van der Waals surface area contributed by atoms with Crippen LogP contribution in [0.5, 0.6) is 0 Å². The molecule has 0 fully saturated rings. The quantitative estimate of drug-likeness (QED) is 0.811. The second-order valence-electron chi connectivity index (χ2n) is 4.58. The topological polar surface area (TPSA) is 32.3 Å². The molecule has 2 atom stereocenters. The van der Waals surface area contributed by atoms with Gasteiger partial charge in [-0.15, -0.1) is 0 Å². The normalized spacial score (nSPS) is 14.6. The van der Waals surface area contributed by atoms with Gasteiger partial charge >= 0.3 is 0 Å². The maximum Gasteiger partial charge on any atom is 0.0664 e. The summed E-state index contributed by atoms with van der Waals surface area (Å²) in [6.07, 6.45) is 2.68. The van der Waals surface area contributed by atoms with Gasteiger partial charge in [0.15, 0.2) is 0 Å². The molecule has 1 aromatic rings. The molecule has 1 aromatic carbocycles. The van der Waals surface area contributed by atoms with Crippen molar-refractivity contribution in [2.45, 2.75) is 45.3 Å². The van der Waals surface area contributed by atoms with Crippen LogP contribution in [0.25, 0.3) is 0 Å². The van der Waals surface area contributed by atoms with E-state index in [2.05, 4.69) is 59.4 Å². The van der Waals surface area contributed by atoms with Crippen molar-refractivity contribution in [2.75, 3.05) is 6.54 Å². The largest absolute Gasteiger partial charge is 0.392 e. The third-order valence-corrected chi connectivity index (χ3v) is 3.31. The second-order valence-corrected chi connectivity index (χ2v) is 5.50. The minimum absolute atomic E-state index is 0.215. The summed E-state index contributed by atoms with van der Waals surface area (Å²) >= 11 is 3.43. The molecule has 96 valence electrons. The van der Waals surface area contributed by atoms with Gasteiger partial charge < -0.3 is 10.4 Å². The Hall–Kier alpha value is -0.380. The molecule has 1 rings (SSSR count). The lowest BCUT2D eigenvalue weighted by Crippen LogP contribution is -2.34. The standard InChI is InChI=1S/C14H22BrNO/c1-3-4-14(17)10-16-11(2)9-12-5-7-13(15)8-6-12/h5-8,11,14,16-17H,3-4,9-10H2,1-2H3. The number of halogens is 1. The molecule has 0 spiro atoms. The first kappa shape index (κ1) is 14.7.